The van der Waals surface area contributed by atoms with Crippen molar-refractivity contribution < 1.29 is 17.6 Å². The number of hydrogen-bond donors (Lipinski definition) is 1. The highest BCUT2D eigenvalue weighted by Crippen LogP contribution is 2.18. The summed E-state index contributed by atoms with van der Waals surface area (Å²) < 4.78 is 39.2. The van der Waals surface area contributed by atoms with Crippen molar-refractivity contribution in [1.82, 2.24) is 4.72 Å². The van der Waals surface area contributed by atoms with E-state index in [4.69, 9.17) is 0 Å². The number of rotatable bonds is 5. The SMILES string of the molecule is CCNS(=O)(=O)c1cc(C(=O)C(C)C)ccc1F. The van der Waals surface area contributed by atoms with E-state index in [-0.39, 0.29) is 23.8 Å². The molecule has 4 nitrogen and oxygen atoms in total. The number of carbonyl (C=O) groups is 1. The number of hydrogen-bond acceptors (Lipinski definition) is 3. The van der Waals surface area contributed by atoms with Gasteiger partial charge in [-0.25, -0.2) is 17.5 Å². The van der Waals surface area contributed by atoms with E-state index in [1.165, 1.54) is 6.07 Å². The molecule has 0 radical (unpaired) electrons. The van der Waals surface area contributed by atoms with Crippen molar-refractivity contribution in [3.63, 3.8) is 0 Å². The third-order valence-corrected chi connectivity index (χ3v) is 3.92. The van der Waals surface area contributed by atoms with Crippen LogP contribution in [0.5, 0.6) is 0 Å². The molecular formula is C12H16FNO3S. The summed E-state index contributed by atoms with van der Waals surface area (Å²) in [5, 5.41) is 0. The zero-order valence-corrected chi connectivity index (χ0v) is 11.3. The van der Waals surface area contributed by atoms with Gasteiger partial charge in [0.15, 0.2) is 5.78 Å². The van der Waals surface area contributed by atoms with Crippen LogP contribution in [0.2, 0.25) is 0 Å². The number of carbonyl (C=O) groups excluding carboxylic acids is 1. The first kappa shape index (κ1) is 14.8. The summed E-state index contributed by atoms with van der Waals surface area (Å²) in [7, 11) is -3.90. The quantitative estimate of drug-likeness (QED) is 0.834. The fourth-order valence-electron chi connectivity index (χ4n) is 1.46. The lowest BCUT2D eigenvalue weighted by Gasteiger charge is -2.09. The molecule has 0 aliphatic carbocycles. The lowest BCUT2D eigenvalue weighted by atomic mass is 10.0. The maximum Gasteiger partial charge on any atom is 0.243 e. The predicted molar refractivity (Wildman–Crippen MR) is 66.4 cm³/mol. The summed E-state index contributed by atoms with van der Waals surface area (Å²) in [6.07, 6.45) is 0. The van der Waals surface area contributed by atoms with E-state index in [0.29, 0.717) is 0 Å². The summed E-state index contributed by atoms with van der Waals surface area (Å²) in [4.78, 5) is 11.3. The second-order valence-corrected chi connectivity index (χ2v) is 5.90. The summed E-state index contributed by atoms with van der Waals surface area (Å²) in [6.45, 7) is 5.15. The Kier molecular flexibility index (Phi) is 4.59. The van der Waals surface area contributed by atoms with Crippen LogP contribution >= 0.6 is 0 Å². The fourth-order valence-corrected chi connectivity index (χ4v) is 2.61. The van der Waals surface area contributed by atoms with Gasteiger partial charge < -0.3 is 0 Å². The first-order valence-corrected chi connectivity index (χ1v) is 7.11. The zero-order chi connectivity index (χ0) is 13.9. The Bertz CT molecular complexity index is 552. The second-order valence-electron chi connectivity index (χ2n) is 4.17. The number of benzene rings is 1. The largest absolute Gasteiger partial charge is 0.294 e. The minimum absolute atomic E-state index is 0.157. The van der Waals surface area contributed by atoms with Crippen LogP contribution in [0, 0.1) is 11.7 Å². The number of halogens is 1. The Morgan fingerprint density at radius 1 is 1.39 bits per heavy atom. The summed E-state index contributed by atoms with van der Waals surface area (Å²) in [5.41, 5.74) is 0.197. The minimum Gasteiger partial charge on any atom is -0.294 e. The Morgan fingerprint density at radius 3 is 2.50 bits per heavy atom. The van der Waals surface area contributed by atoms with Crippen molar-refractivity contribution in [3.8, 4) is 0 Å². The van der Waals surface area contributed by atoms with Gasteiger partial charge >= 0.3 is 0 Å². The zero-order valence-electron chi connectivity index (χ0n) is 10.5. The van der Waals surface area contributed by atoms with E-state index < -0.39 is 20.7 Å². The van der Waals surface area contributed by atoms with Gasteiger partial charge in [-0.1, -0.05) is 20.8 Å². The van der Waals surface area contributed by atoms with Crippen molar-refractivity contribution in [3.05, 3.63) is 29.6 Å². The van der Waals surface area contributed by atoms with E-state index in [2.05, 4.69) is 4.72 Å². The molecule has 1 aromatic carbocycles. The van der Waals surface area contributed by atoms with Crippen LogP contribution in [-0.2, 0) is 10.0 Å². The first-order valence-electron chi connectivity index (χ1n) is 5.63. The fraction of sp³-hybridized carbons (Fsp3) is 0.417. The lowest BCUT2D eigenvalue weighted by Crippen LogP contribution is -2.24. The van der Waals surface area contributed by atoms with Gasteiger partial charge in [-0.2, -0.15) is 0 Å². The highest BCUT2D eigenvalue weighted by Gasteiger charge is 2.21. The maximum atomic E-state index is 13.5. The molecule has 0 unspecified atom stereocenters. The third-order valence-electron chi connectivity index (χ3n) is 2.36. The van der Waals surface area contributed by atoms with E-state index in [9.17, 15) is 17.6 Å². The Labute approximate surface area is 106 Å². The van der Waals surface area contributed by atoms with Crippen molar-refractivity contribution in [1.29, 1.82) is 0 Å². The van der Waals surface area contributed by atoms with Gasteiger partial charge in [-0.3, -0.25) is 4.79 Å². The molecule has 0 heterocycles. The minimum atomic E-state index is -3.90. The normalized spacial score (nSPS) is 11.8. The van der Waals surface area contributed by atoms with Crippen LogP contribution in [0.3, 0.4) is 0 Å². The molecular weight excluding hydrogens is 257 g/mol. The van der Waals surface area contributed by atoms with E-state index >= 15 is 0 Å². The van der Waals surface area contributed by atoms with Crippen LogP contribution in [-0.4, -0.2) is 20.7 Å². The molecule has 100 valence electrons. The second kappa shape index (κ2) is 5.58. The standard InChI is InChI=1S/C12H16FNO3S/c1-4-14-18(16,17)11-7-9(5-6-10(11)13)12(15)8(2)3/h5-8,14H,4H2,1-3H3. The summed E-state index contributed by atoms with van der Waals surface area (Å²) >= 11 is 0. The molecule has 0 aliphatic heterocycles. The smallest absolute Gasteiger partial charge is 0.243 e. The first-order chi connectivity index (χ1) is 8.29. The number of ketones is 1. The molecule has 1 rings (SSSR count). The Balaban J connectivity index is 3.30. The van der Waals surface area contributed by atoms with Crippen LogP contribution < -0.4 is 4.72 Å². The highest BCUT2D eigenvalue weighted by molar-refractivity contribution is 7.89. The molecule has 1 aromatic rings. The molecule has 0 saturated heterocycles. The molecule has 0 aromatic heterocycles. The average molecular weight is 273 g/mol. The van der Waals surface area contributed by atoms with Crippen LogP contribution in [0.4, 0.5) is 4.39 Å². The molecule has 0 aliphatic rings. The van der Waals surface area contributed by atoms with E-state index in [1.54, 1.807) is 20.8 Å². The predicted octanol–water partition coefficient (Wildman–Crippen LogP) is 1.96. The van der Waals surface area contributed by atoms with Gasteiger partial charge in [-0.15, -0.1) is 0 Å². The molecule has 0 atom stereocenters. The molecule has 0 spiro atoms. The molecule has 0 amide bonds. The average Bonchev–Trinajstić information content (AvgIpc) is 2.28. The van der Waals surface area contributed by atoms with Gasteiger partial charge in [-0.05, 0) is 18.2 Å². The lowest BCUT2D eigenvalue weighted by molar-refractivity contribution is 0.0939. The van der Waals surface area contributed by atoms with E-state index in [0.717, 1.165) is 12.1 Å². The molecule has 1 N–H and O–H groups in total. The Hall–Kier alpha value is -1.27. The van der Waals surface area contributed by atoms with Crippen LogP contribution in [0.25, 0.3) is 0 Å². The van der Waals surface area contributed by atoms with E-state index in [1.807, 2.05) is 0 Å². The van der Waals surface area contributed by atoms with Crippen molar-refractivity contribution in [2.75, 3.05) is 6.54 Å². The van der Waals surface area contributed by atoms with Gasteiger partial charge in [0.05, 0.1) is 0 Å². The molecule has 0 fully saturated rings. The molecule has 18 heavy (non-hydrogen) atoms. The molecule has 6 heteroatoms. The maximum absolute atomic E-state index is 13.5. The third kappa shape index (κ3) is 3.14. The van der Waals surface area contributed by atoms with Crippen molar-refractivity contribution in [2.45, 2.75) is 25.7 Å². The summed E-state index contributed by atoms with van der Waals surface area (Å²) in [6, 6.07) is 3.37. The Morgan fingerprint density at radius 2 is 2.00 bits per heavy atom. The van der Waals surface area contributed by atoms with Gasteiger partial charge in [0.25, 0.3) is 0 Å². The number of Topliss-reactive ketones (excluding diaryl/α,β-unsaturated/α-hetero) is 1. The molecule has 0 bridgehead atoms. The van der Waals surface area contributed by atoms with Crippen molar-refractivity contribution in [2.24, 2.45) is 5.92 Å². The highest BCUT2D eigenvalue weighted by atomic mass is 32.2. The topological polar surface area (TPSA) is 63.2 Å². The number of sulfonamides is 1. The number of nitrogens with one attached hydrogen (secondary N) is 1. The molecule has 0 saturated carbocycles. The van der Waals surface area contributed by atoms with Crippen LogP contribution in [0.1, 0.15) is 31.1 Å². The monoisotopic (exact) mass is 273 g/mol. The van der Waals surface area contributed by atoms with Crippen LogP contribution in [0.15, 0.2) is 23.1 Å². The van der Waals surface area contributed by atoms with Gasteiger partial charge in [0.2, 0.25) is 10.0 Å². The van der Waals surface area contributed by atoms with Crippen molar-refractivity contribution >= 4 is 15.8 Å². The van der Waals surface area contributed by atoms with Gasteiger partial charge in [0, 0.05) is 18.0 Å². The summed E-state index contributed by atoms with van der Waals surface area (Å²) in [5.74, 6) is -1.36. The van der Waals surface area contributed by atoms with Gasteiger partial charge in [0.1, 0.15) is 10.7 Å².